The highest BCUT2D eigenvalue weighted by molar-refractivity contribution is 5.89. The van der Waals surface area contributed by atoms with Crippen molar-refractivity contribution >= 4 is 11.7 Å². The standard InChI is InChI=1S/C13H14F3NO3/c14-13(15,16)8-20-6-5-17-4-3-9-1-2-10(12(18)19)7-11(9)17/h1-2,7H,3-6,8H2,(H,18,19). The number of halogens is 3. The van der Waals surface area contributed by atoms with Crippen molar-refractivity contribution in [1.82, 2.24) is 0 Å². The first-order chi connectivity index (χ1) is 9.37. The Morgan fingerprint density at radius 1 is 1.40 bits per heavy atom. The number of benzene rings is 1. The fraction of sp³-hybridized carbons (Fsp3) is 0.462. The largest absolute Gasteiger partial charge is 0.478 e. The molecule has 0 radical (unpaired) electrons. The highest BCUT2D eigenvalue weighted by Gasteiger charge is 2.27. The lowest BCUT2D eigenvalue weighted by Gasteiger charge is -2.19. The molecule has 20 heavy (non-hydrogen) atoms. The van der Waals surface area contributed by atoms with Crippen LogP contribution < -0.4 is 4.90 Å². The number of carboxylic acid groups (broad SMARTS) is 1. The summed E-state index contributed by atoms with van der Waals surface area (Å²) in [6.45, 7) is -0.334. The molecule has 1 N–H and O–H groups in total. The lowest BCUT2D eigenvalue weighted by molar-refractivity contribution is -0.173. The van der Waals surface area contributed by atoms with E-state index in [0.29, 0.717) is 13.1 Å². The average Bonchev–Trinajstić information content (AvgIpc) is 2.76. The molecule has 1 aromatic carbocycles. The second kappa shape index (κ2) is 5.70. The Balaban J connectivity index is 1.94. The monoisotopic (exact) mass is 289 g/mol. The fourth-order valence-corrected chi connectivity index (χ4v) is 2.17. The van der Waals surface area contributed by atoms with Gasteiger partial charge in [0.25, 0.3) is 0 Å². The zero-order valence-electron chi connectivity index (χ0n) is 10.6. The Hall–Kier alpha value is -1.76. The highest BCUT2D eigenvalue weighted by Crippen LogP contribution is 2.28. The zero-order chi connectivity index (χ0) is 14.8. The molecule has 0 fully saturated rings. The molecular formula is C13H14F3NO3. The quantitative estimate of drug-likeness (QED) is 0.845. The predicted molar refractivity (Wildman–Crippen MR) is 66.2 cm³/mol. The van der Waals surface area contributed by atoms with Crippen LogP contribution in [0, 0.1) is 0 Å². The number of alkyl halides is 3. The lowest BCUT2D eigenvalue weighted by atomic mass is 10.1. The summed E-state index contributed by atoms with van der Waals surface area (Å²) in [6.07, 6.45) is -3.56. The van der Waals surface area contributed by atoms with Crippen molar-refractivity contribution in [2.24, 2.45) is 0 Å². The zero-order valence-corrected chi connectivity index (χ0v) is 10.6. The molecule has 0 amide bonds. The smallest absolute Gasteiger partial charge is 0.411 e. The van der Waals surface area contributed by atoms with Crippen molar-refractivity contribution in [3.05, 3.63) is 29.3 Å². The molecule has 0 saturated heterocycles. The molecule has 0 spiro atoms. The third kappa shape index (κ3) is 3.63. The lowest BCUT2D eigenvalue weighted by Crippen LogP contribution is -2.27. The van der Waals surface area contributed by atoms with E-state index in [0.717, 1.165) is 17.7 Å². The summed E-state index contributed by atoms with van der Waals surface area (Å²) in [5.41, 5.74) is 1.94. The van der Waals surface area contributed by atoms with Gasteiger partial charge < -0.3 is 14.7 Å². The van der Waals surface area contributed by atoms with Crippen molar-refractivity contribution in [2.75, 3.05) is 31.2 Å². The van der Waals surface area contributed by atoms with Crippen LogP contribution in [0.15, 0.2) is 18.2 Å². The number of ether oxygens (including phenoxy) is 1. The number of nitrogens with zero attached hydrogens (tertiary/aromatic N) is 1. The Morgan fingerprint density at radius 2 is 2.15 bits per heavy atom. The van der Waals surface area contributed by atoms with Crippen molar-refractivity contribution < 1.29 is 27.8 Å². The minimum atomic E-state index is -4.32. The minimum absolute atomic E-state index is 0.0454. The van der Waals surface area contributed by atoms with Crippen LogP contribution in [0.2, 0.25) is 0 Å². The number of carbonyl (C=O) groups is 1. The molecule has 0 saturated carbocycles. The molecule has 0 aliphatic carbocycles. The van der Waals surface area contributed by atoms with Crippen LogP contribution in [0.3, 0.4) is 0 Å². The van der Waals surface area contributed by atoms with Gasteiger partial charge in [-0.25, -0.2) is 4.79 Å². The van der Waals surface area contributed by atoms with E-state index in [9.17, 15) is 18.0 Å². The van der Waals surface area contributed by atoms with E-state index >= 15 is 0 Å². The number of anilines is 1. The van der Waals surface area contributed by atoms with Gasteiger partial charge in [-0.1, -0.05) is 6.07 Å². The molecular weight excluding hydrogens is 275 g/mol. The van der Waals surface area contributed by atoms with Crippen LogP contribution in [-0.4, -0.2) is 43.6 Å². The van der Waals surface area contributed by atoms with Crippen LogP contribution in [0.4, 0.5) is 18.9 Å². The second-order valence-electron chi connectivity index (χ2n) is 4.55. The number of hydrogen-bond acceptors (Lipinski definition) is 3. The first kappa shape index (κ1) is 14.6. The number of fused-ring (bicyclic) bond motifs is 1. The molecule has 1 aliphatic rings. The Labute approximate surface area is 113 Å². The van der Waals surface area contributed by atoms with Gasteiger partial charge in [0.15, 0.2) is 0 Å². The maximum absolute atomic E-state index is 11.9. The maximum atomic E-state index is 11.9. The third-order valence-corrected chi connectivity index (χ3v) is 3.10. The van der Waals surface area contributed by atoms with Crippen molar-refractivity contribution in [1.29, 1.82) is 0 Å². The molecule has 0 aromatic heterocycles. The highest BCUT2D eigenvalue weighted by atomic mass is 19.4. The van der Waals surface area contributed by atoms with Crippen LogP contribution in [0.1, 0.15) is 15.9 Å². The molecule has 1 aromatic rings. The van der Waals surface area contributed by atoms with Gasteiger partial charge in [-0.2, -0.15) is 13.2 Å². The van der Waals surface area contributed by atoms with E-state index in [4.69, 9.17) is 5.11 Å². The van der Waals surface area contributed by atoms with Crippen LogP contribution >= 0.6 is 0 Å². The number of aromatic carboxylic acids is 1. The summed E-state index contributed by atoms with van der Waals surface area (Å²) >= 11 is 0. The molecule has 2 rings (SSSR count). The topological polar surface area (TPSA) is 49.8 Å². The van der Waals surface area contributed by atoms with Gasteiger partial charge >= 0.3 is 12.1 Å². The number of hydrogen-bond donors (Lipinski definition) is 1. The Bertz CT molecular complexity index is 502. The third-order valence-electron chi connectivity index (χ3n) is 3.10. The first-order valence-electron chi connectivity index (χ1n) is 6.12. The van der Waals surface area contributed by atoms with E-state index in [1.165, 1.54) is 6.07 Å². The first-order valence-corrected chi connectivity index (χ1v) is 6.12. The summed E-state index contributed by atoms with van der Waals surface area (Å²) in [5, 5.41) is 8.94. The van der Waals surface area contributed by atoms with Gasteiger partial charge in [-0.3, -0.25) is 0 Å². The predicted octanol–water partition coefficient (Wildman–Crippen LogP) is 2.33. The van der Waals surface area contributed by atoms with Gasteiger partial charge in [0.05, 0.1) is 12.2 Å². The van der Waals surface area contributed by atoms with E-state index in [1.807, 2.05) is 4.90 Å². The van der Waals surface area contributed by atoms with E-state index in [-0.39, 0.29) is 12.2 Å². The molecule has 0 bridgehead atoms. The molecule has 1 aliphatic heterocycles. The van der Waals surface area contributed by atoms with E-state index in [1.54, 1.807) is 12.1 Å². The van der Waals surface area contributed by atoms with Crippen molar-refractivity contribution in [3.8, 4) is 0 Å². The molecule has 110 valence electrons. The van der Waals surface area contributed by atoms with Crippen molar-refractivity contribution in [3.63, 3.8) is 0 Å². The second-order valence-corrected chi connectivity index (χ2v) is 4.55. The molecule has 1 heterocycles. The summed E-state index contributed by atoms with van der Waals surface area (Å²) in [4.78, 5) is 12.8. The Morgan fingerprint density at radius 3 is 2.80 bits per heavy atom. The SMILES string of the molecule is O=C(O)c1ccc2c(c1)N(CCOCC(F)(F)F)CC2. The van der Waals surface area contributed by atoms with Gasteiger partial charge in [-0.05, 0) is 24.1 Å². The van der Waals surface area contributed by atoms with Crippen LogP contribution in [0.25, 0.3) is 0 Å². The fourth-order valence-electron chi connectivity index (χ4n) is 2.17. The Kier molecular flexibility index (Phi) is 4.17. The number of rotatable bonds is 5. The van der Waals surface area contributed by atoms with Gasteiger partial charge in [0.1, 0.15) is 6.61 Å². The van der Waals surface area contributed by atoms with Gasteiger partial charge in [-0.15, -0.1) is 0 Å². The summed E-state index contributed by atoms with van der Waals surface area (Å²) < 4.78 is 40.4. The van der Waals surface area contributed by atoms with E-state index < -0.39 is 18.8 Å². The molecule has 0 unspecified atom stereocenters. The van der Waals surface area contributed by atoms with Crippen LogP contribution in [-0.2, 0) is 11.2 Å². The van der Waals surface area contributed by atoms with Crippen molar-refractivity contribution in [2.45, 2.75) is 12.6 Å². The molecule has 7 heteroatoms. The van der Waals surface area contributed by atoms with Gasteiger partial charge in [0.2, 0.25) is 0 Å². The van der Waals surface area contributed by atoms with Gasteiger partial charge in [0, 0.05) is 18.8 Å². The minimum Gasteiger partial charge on any atom is -0.478 e. The molecule has 0 atom stereocenters. The summed E-state index contributed by atoms with van der Waals surface area (Å²) in [7, 11) is 0. The molecule has 4 nitrogen and oxygen atoms in total. The summed E-state index contributed by atoms with van der Waals surface area (Å²) in [6, 6.07) is 4.83. The average molecular weight is 289 g/mol. The van der Waals surface area contributed by atoms with Crippen LogP contribution in [0.5, 0.6) is 0 Å². The normalized spacial score (nSPS) is 14.4. The number of carboxylic acids is 1. The van der Waals surface area contributed by atoms with E-state index in [2.05, 4.69) is 4.74 Å². The summed E-state index contributed by atoms with van der Waals surface area (Å²) in [5.74, 6) is -1.02. The maximum Gasteiger partial charge on any atom is 0.411 e.